The predicted octanol–water partition coefficient (Wildman–Crippen LogP) is 3.14. The van der Waals surface area contributed by atoms with Crippen molar-refractivity contribution < 1.29 is 4.79 Å². The second kappa shape index (κ2) is 6.89. The lowest BCUT2D eigenvalue weighted by Gasteiger charge is -2.22. The number of rotatable bonds is 4. The van der Waals surface area contributed by atoms with Crippen molar-refractivity contribution in [2.45, 2.75) is 19.4 Å². The average Bonchev–Trinajstić information content (AvgIpc) is 3.31. The summed E-state index contributed by atoms with van der Waals surface area (Å²) < 4.78 is 0. The van der Waals surface area contributed by atoms with Gasteiger partial charge in [0, 0.05) is 38.1 Å². The largest absolute Gasteiger partial charge is 0.384 e. The first-order chi connectivity index (χ1) is 12.2. The van der Waals surface area contributed by atoms with Crippen LogP contribution in [0.3, 0.4) is 0 Å². The van der Waals surface area contributed by atoms with Crippen LogP contribution in [0.15, 0.2) is 48.5 Å². The molecule has 4 rings (SSSR count). The van der Waals surface area contributed by atoms with Crippen molar-refractivity contribution in [3.05, 3.63) is 59.7 Å². The van der Waals surface area contributed by atoms with Crippen LogP contribution in [0.25, 0.3) is 0 Å². The van der Waals surface area contributed by atoms with Gasteiger partial charge in [0.25, 0.3) is 0 Å². The van der Waals surface area contributed by atoms with E-state index in [4.69, 9.17) is 0 Å². The molecule has 4 heteroatoms. The number of carbonyl (C=O) groups is 1. The average molecular weight is 335 g/mol. The highest BCUT2D eigenvalue weighted by molar-refractivity contribution is 5.94. The number of benzene rings is 2. The lowest BCUT2D eigenvalue weighted by Crippen LogP contribution is -2.34. The van der Waals surface area contributed by atoms with Crippen LogP contribution in [-0.4, -0.2) is 37.5 Å². The molecule has 1 unspecified atom stereocenters. The number of hydrogen-bond donors (Lipinski definition) is 1. The molecular formula is C21H25N3O. The number of carbonyl (C=O) groups excluding carboxylic acids is 1. The highest BCUT2D eigenvalue weighted by Gasteiger charge is 2.31. The number of fused-ring (bicyclic) bond motifs is 1. The quantitative estimate of drug-likeness (QED) is 0.932. The number of anilines is 2. The van der Waals surface area contributed by atoms with E-state index in [1.54, 1.807) is 4.90 Å². The zero-order valence-electron chi connectivity index (χ0n) is 14.7. The van der Waals surface area contributed by atoms with E-state index in [-0.39, 0.29) is 11.8 Å². The van der Waals surface area contributed by atoms with E-state index in [9.17, 15) is 4.79 Å². The molecular weight excluding hydrogens is 310 g/mol. The summed E-state index contributed by atoms with van der Waals surface area (Å²) in [5.41, 5.74) is 5.07. The molecule has 1 amide bonds. The summed E-state index contributed by atoms with van der Waals surface area (Å²) in [5.74, 6) is 0.319. The lowest BCUT2D eigenvalue weighted by molar-refractivity contribution is -0.121. The van der Waals surface area contributed by atoms with Crippen LogP contribution < -0.4 is 10.2 Å². The van der Waals surface area contributed by atoms with Gasteiger partial charge in [-0.05, 0) is 42.6 Å². The van der Waals surface area contributed by atoms with E-state index in [1.807, 2.05) is 37.4 Å². The van der Waals surface area contributed by atoms with Crippen LogP contribution in [-0.2, 0) is 17.8 Å². The molecule has 25 heavy (non-hydrogen) atoms. The van der Waals surface area contributed by atoms with Gasteiger partial charge in [-0.3, -0.25) is 9.69 Å². The second-order valence-corrected chi connectivity index (χ2v) is 7.08. The van der Waals surface area contributed by atoms with Gasteiger partial charge in [0.1, 0.15) is 0 Å². The van der Waals surface area contributed by atoms with Gasteiger partial charge in [0.05, 0.1) is 5.92 Å². The zero-order chi connectivity index (χ0) is 17.2. The van der Waals surface area contributed by atoms with Crippen molar-refractivity contribution in [3.8, 4) is 0 Å². The van der Waals surface area contributed by atoms with E-state index in [0.29, 0.717) is 0 Å². The molecule has 2 aliphatic heterocycles. The Labute approximate surface area is 149 Å². The third kappa shape index (κ3) is 3.27. The summed E-state index contributed by atoms with van der Waals surface area (Å²) >= 11 is 0. The van der Waals surface area contributed by atoms with Gasteiger partial charge in [-0.25, -0.2) is 0 Å². The van der Waals surface area contributed by atoms with Gasteiger partial charge < -0.3 is 10.2 Å². The molecule has 1 fully saturated rings. The summed E-state index contributed by atoms with van der Waals surface area (Å²) in [6.45, 7) is 3.80. The molecule has 0 aromatic heterocycles. The van der Waals surface area contributed by atoms with Crippen LogP contribution >= 0.6 is 0 Å². The maximum absolute atomic E-state index is 12.8. The van der Waals surface area contributed by atoms with Crippen LogP contribution in [0.1, 0.15) is 17.5 Å². The molecule has 130 valence electrons. The Kier molecular flexibility index (Phi) is 4.45. The molecule has 2 aromatic rings. The molecule has 0 radical (unpaired) electrons. The minimum absolute atomic E-state index is 0.0925. The minimum Gasteiger partial charge on any atom is -0.384 e. The number of para-hydroxylation sites is 2. The molecule has 1 saturated heterocycles. The molecule has 2 heterocycles. The smallest absolute Gasteiger partial charge is 0.231 e. The van der Waals surface area contributed by atoms with Gasteiger partial charge in [0.2, 0.25) is 5.91 Å². The number of nitrogens with zero attached hydrogens (tertiary/aromatic N) is 2. The first kappa shape index (κ1) is 16.2. The van der Waals surface area contributed by atoms with Gasteiger partial charge in [-0.15, -0.1) is 0 Å². The topological polar surface area (TPSA) is 35.6 Å². The summed E-state index contributed by atoms with van der Waals surface area (Å²) in [5, 5.41) is 3.51. The van der Waals surface area contributed by atoms with E-state index in [1.165, 1.54) is 16.8 Å². The highest BCUT2D eigenvalue weighted by Crippen LogP contribution is 2.29. The van der Waals surface area contributed by atoms with E-state index >= 15 is 0 Å². The Hall–Kier alpha value is -2.33. The normalized spacial score (nSPS) is 19.5. The number of hydrogen-bond acceptors (Lipinski definition) is 3. The van der Waals surface area contributed by atoms with Crippen molar-refractivity contribution in [2.75, 3.05) is 36.9 Å². The Morgan fingerprint density at radius 1 is 1.20 bits per heavy atom. The Morgan fingerprint density at radius 3 is 2.88 bits per heavy atom. The molecule has 2 aliphatic rings. The second-order valence-electron chi connectivity index (χ2n) is 7.08. The molecule has 4 nitrogen and oxygen atoms in total. The molecule has 1 atom stereocenters. The summed E-state index contributed by atoms with van der Waals surface area (Å²) in [4.78, 5) is 17.0. The van der Waals surface area contributed by atoms with Crippen molar-refractivity contribution in [1.82, 2.24) is 4.90 Å². The maximum Gasteiger partial charge on any atom is 0.231 e. The molecule has 2 aromatic carbocycles. The summed E-state index contributed by atoms with van der Waals surface area (Å²) in [6, 6.07) is 16.5. The lowest BCUT2D eigenvalue weighted by atomic mass is 10.1. The summed E-state index contributed by atoms with van der Waals surface area (Å²) in [6.07, 6.45) is 2.06. The van der Waals surface area contributed by atoms with Crippen LogP contribution in [0.5, 0.6) is 0 Å². The Bertz CT molecular complexity index is 759. The highest BCUT2D eigenvalue weighted by atomic mass is 16.2. The Morgan fingerprint density at radius 2 is 2.04 bits per heavy atom. The first-order valence-electron chi connectivity index (χ1n) is 9.12. The van der Waals surface area contributed by atoms with E-state index < -0.39 is 0 Å². The number of amides is 1. The monoisotopic (exact) mass is 335 g/mol. The molecule has 0 spiro atoms. The third-order valence-corrected chi connectivity index (χ3v) is 5.42. The third-order valence-electron chi connectivity index (χ3n) is 5.42. The van der Waals surface area contributed by atoms with E-state index in [2.05, 4.69) is 28.4 Å². The predicted molar refractivity (Wildman–Crippen MR) is 102 cm³/mol. The fourth-order valence-corrected chi connectivity index (χ4v) is 4.01. The van der Waals surface area contributed by atoms with Crippen LogP contribution in [0.2, 0.25) is 0 Å². The summed E-state index contributed by atoms with van der Waals surface area (Å²) in [7, 11) is 1.88. The van der Waals surface area contributed by atoms with Crippen molar-refractivity contribution >= 4 is 17.3 Å². The number of nitrogens with one attached hydrogen (secondary N) is 1. The van der Waals surface area contributed by atoms with Gasteiger partial charge >= 0.3 is 0 Å². The SMILES string of the molecule is CN(C(=O)C1CCN(Cc2cccc3c2NCC3)C1)c1ccccc1. The van der Waals surface area contributed by atoms with Crippen molar-refractivity contribution in [1.29, 1.82) is 0 Å². The fourth-order valence-electron chi connectivity index (χ4n) is 4.01. The molecule has 0 aliphatic carbocycles. The molecule has 0 saturated carbocycles. The Balaban J connectivity index is 1.40. The standard InChI is InChI=1S/C21H25N3O/c1-23(19-8-3-2-4-9-19)21(25)18-11-13-24(15-18)14-17-7-5-6-16-10-12-22-20(16)17/h2-9,18,22H,10-15H2,1H3. The van der Waals surface area contributed by atoms with Gasteiger partial charge in [-0.1, -0.05) is 36.4 Å². The van der Waals surface area contributed by atoms with Gasteiger partial charge in [0.15, 0.2) is 0 Å². The zero-order valence-corrected chi connectivity index (χ0v) is 14.7. The van der Waals surface area contributed by atoms with Crippen LogP contribution in [0, 0.1) is 5.92 Å². The first-order valence-corrected chi connectivity index (χ1v) is 9.12. The van der Waals surface area contributed by atoms with Gasteiger partial charge in [-0.2, -0.15) is 0 Å². The minimum atomic E-state index is 0.0925. The molecule has 1 N–H and O–H groups in total. The fraction of sp³-hybridized carbons (Fsp3) is 0.381. The number of likely N-dealkylation sites (tertiary alicyclic amines) is 1. The van der Waals surface area contributed by atoms with Crippen LogP contribution in [0.4, 0.5) is 11.4 Å². The van der Waals surface area contributed by atoms with Crippen molar-refractivity contribution in [3.63, 3.8) is 0 Å². The maximum atomic E-state index is 12.8. The molecule has 0 bridgehead atoms. The van der Waals surface area contributed by atoms with Crippen molar-refractivity contribution in [2.24, 2.45) is 5.92 Å². The van der Waals surface area contributed by atoms with E-state index in [0.717, 1.165) is 44.7 Å².